The highest BCUT2D eigenvalue weighted by Gasteiger charge is 2.56. The van der Waals surface area contributed by atoms with Gasteiger partial charge in [0.2, 0.25) is 5.91 Å². The molecule has 152 valence electrons. The normalized spacial score (nSPS) is 22.3. The maximum absolute atomic E-state index is 13.6. The summed E-state index contributed by atoms with van der Waals surface area (Å²) in [5.74, 6) is 0.694. The lowest BCUT2D eigenvalue weighted by atomic mass is 9.89. The van der Waals surface area contributed by atoms with Crippen molar-refractivity contribution < 1.29 is 9.59 Å². The van der Waals surface area contributed by atoms with Crippen molar-refractivity contribution in [3.8, 4) is 0 Å². The van der Waals surface area contributed by atoms with E-state index in [2.05, 4.69) is 10.2 Å². The first-order chi connectivity index (χ1) is 13.9. The molecule has 2 saturated heterocycles. The first-order valence-corrected chi connectivity index (χ1v) is 10.2. The van der Waals surface area contributed by atoms with Crippen LogP contribution in [0.4, 0.5) is 5.82 Å². The van der Waals surface area contributed by atoms with Gasteiger partial charge in [0.25, 0.3) is 5.91 Å². The predicted molar refractivity (Wildman–Crippen MR) is 110 cm³/mol. The van der Waals surface area contributed by atoms with Crippen LogP contribution in [-0.4, -0.2) is 63.0 Å². The van der Waals surface area contributed by atoms with Crippen LogP contribution in [-0.2, 0) is 16.1 Å². The molecular weight excluding hydrogens is 390 g/mol. The molecule has 0 saturated carbocycles. The molecule has 8 heteroatoms. The Morgan fingerprint density at radius 1 is 1.17 bits per heavy atom. The van der Waals surface area contributed by atoms with Crippen molar-refractivity contribution in [3.63, 3.8) is 0 Å². The van der Waals surface area contributed by atoms with Crippen molar-refractivity contribution >= 4 is 29.2 Å². The molecule has 1 atom stereocenters. The molecule has 0 radical (unpaired) electrons. The Labute approximate surface area is 175 Å². The van der Waals surface area contributed by atoms with Gasteiger partial charge in [-0.1, -0.05) is 23.7 Å². The fourth-order valence-electron chi connectivity index (χ4n) is 4.20. The SMILES string of the molecule is CC(C)N1CC(=O)N(Cc2ccc(Cl)cc2)C2(CCN(c3cccnn3)C2)C1=O. The lowest BCUT2D eigenvalue weighted by Crippen LogP contribution is -2.69. The van der Waals surface area contributed by atoms with E-state index < -0.39 is 5.54 Å². The highest BCUT2D eigenvalue weighted by atomic mass is 35.5. The van der Waals surface area contributed by atoms with Crippen molar-refractivity contribution in [3.05, 3.63) is 53.2 Å². The number of amides is 2. The molecular formula is C21H24ClN5O2. The second-order valence-corrected chi connectivity index (χ2v) is 8.35. The van der Waals surface area contributed by atoms with Crippen LogP contribution < -0.4 is 4.90 Å². The zero-order valence-electron chi connectivity index (χ0n) is 16.6. The highest BCUT2D eigenvalue weighted by Crippen LogP contribution is 2.37. The van der Waals surface area contributed by atoms with Crippen molar-refractivity contribution in [1.29, 1.82) is 0 Å². The number of hydrogen-bond acceptors (Lipinski definition) is 5. The molecule has 0 N–H and O–H groups in total. The molecule has 1 spiro atoms. The minimum Gasteiger partial charge on any atom is -0.352 e. The number of carbonyl (C=O) groups is 2. The number of piperazine rings is 1. The lowest BCUT2D eigenvalue weighted by molar-refractivity contribution is -0.166. The highest BCUT2D eigenvalue weighted by molar-refractivity contribution is 6.30. The first kappa shape index (κ1) is 19.6. The number of carbonyl (C=O) groups excluding carboxylic acids is 2. The van der Waals surface area contributed by atoms with Crippen molar-refractivity contribution in [2.24, 2.45) is 0 Å². The average molecular weight is 414 g/mol. The van der Waals surface area contributed by atoms with E-state index in [1.165, 1.54) is 0 Å². The Balaban J connectivity index is 1.69. The molecule has 29 heavy (non-hydrogen) atoms. The maximum atomic E-state index is 13.6. The number of hydrogen-bond donors (Lipinski definition) is 0. The molecule has 7 nitrogen and oxygen atoms in total. The third kappa shape index (κ3) is 3.55. The fourth-order valence-corrected chi connectivity index (χ4v) is 4.33. The van der Waals surface area contributed by atoms with Gasteiger partial charge >= 0.3 is 0 Å². The monoisotopic (exact) mass is 413 g/mol. The van der Waals surface area contributed by atoms with Crippen molar-refractivity contribution in [1.82, 2.24) is 20.0 Å². The third-order valence-corrected chi connectivity index (χ3v) is 6.04. The molecule has 2 aliphatic heterocycles. The number of aromatic nitrogens is 2. The summed E-state index contributed by atoms with van der Waals surface area (Å²) >= 11 is 6.01. The maximum Gasteiger partial charge on any atom is 0.251 e. The molecule has 2 aromatic rings. The molecule has 2 aliphatic rings. The minimum atomic E-state index is -0.906. The summed E-state index contributed by atoms with van der Waals surface area (Å²) in [4.78, 5) is 32.3. The largest absolute Gasteiger partial charge is 0.352 e. The molecule has 1 aromatic heterocycles. The smallest absolute Gasteiger partial charge is 0.251 e. The van der Waals surface area contributed by atoms with E-state index in [0.29, 0.717) is 31.1 Å². The van der Waals surface area contributed by atoms with Crippen LogP contribution in [0.15, 0.2) is 42.6 Å². The van der Waals surface area contributed by atoms with Gasteiger partial charge in [0.15, 0.2) is 5.82 Å². The fraction of sp³-hybridized carbons (Fsp3) is 0.429. The first-order valence-electron chi connectivity index (χ1n) is 9.79. The summed E-state index contributed by atoms with van der Waals surface area (Å²) in [7, 11) is 0. The second-order valence-electron chi connectivity index (χ2n) is 7.92. The zero-order valence-corrected chi connectivity index (χ0v) is 17.3. The molecule has 1 aromatic carbocycles. The quantitative estimate of drug-likeness (QED) is 0.769. The topological polar surface area (TPSA) is 69.6 Å². The Morgan fingerprint density at radius 3 is 2.59 bits per heavy atom. The molecule has 0 aliphatic carbocycles. The Kier molecular flexibility index (Phi) is 5.17. The summed E-state index contributed by atoms with van der Waals surface area (Å²) < 4.78 is 0. The van der Waals surface area contributed by atoms with Gasteiger partial charge in [-0.05, 0) is 50.1 Å². The van der Waals surface area contributed by atoms with Crippen molar-refractivity contribution in [2.75, 3.05) is 24.5 Å². The van der Waals surface area contributed by atoms with Crippen LogP contribution in [0.2, 0.25) is 5.02 Å². The molecule has 2 fully saturated rings. The summed E-state index contributed by atoms with van der Waals surface area (Å²) in [6.07, 6.45) is 2.18. The molecule has 3 heterocycles. The standard InChI is InChI=1S/C21H24ClN5O2/c1-15(2)26-13-19(28)27(12-16-5-7-17(22)8-6-16)21(20(26)29)9-11-25(14-21)18-4-3-10-23-24-18/h3-8,10,15H,9,11-14H2,1-2H3. The van der Waals surface area contributed by atoms with Crippen LogP contribution in [0.25, 0.3) is 0 Å². The zero-order chi connectivity index (χ0) is 20.6. The minimum absolute atomic E-state index is 0.00690. The van der Waals surface area contributed by atoms with Gasteiger partial charge in [-0.3, -0.25) is 9.59 Å². The van der Waals surface area contributed by atoms with Gasteiger partial charge in [-0.2, -0.15) is 5.10 Å². The van der Waals surface area contributed by atoms with E-state index in [-0.39, 0.29) is 24.4 Å². The van der Waals surface area contributed by atoms with E-state index in [4.69, 9.17) is 11.6 Å². The van der Waals surface area contributed by atoms with Crippen LogP contribution in [0.1, 0.15) is 25.8 Å². The number of halogens is 1. The molecule has 4 rings (SSSR count). The lowest BCUT2D eigenvalue weighted by Gasteiger charge is -2.48. The van der Waals surface area contributed by atoms with E-state index in [1.807, 2.05) is 43.0 Å². The van der Waals surface area contributed by atoms with Crippen LogP contribution in [0.3, 0.4) is 0 Å². The van der Waals surface area contributed by atoms with E-state index in [0.717, 1.165) is 11.4 Å². The van der Waals surface area contributed by atoms with E-state index in [1.54, 1.807) is 28.1 Å². The Hall–Kier alpha value is -2.67. The van der Waals surface area contributed by atoms with Crippen LogP contribution in [0.5, 0.6) is 0 Å². The van der Waals surface area contributed by atoms with Gasteiger partial charge in [-0.25, -0.2) is 0 Å². The van der Waals surface area contributed by atoms with Gasteiger partial charge < -0.3 is 14.7 Å². The number of rotatable bonds is 4. The van der Waals surface area contributed by atoms with Gasteiger partial charge in [0.05, 0.1) is 6.54 Å². The predicted octanol–water partition coefficient (Wildman–Crippen LogP) is 2.36. The number of nitrogens with zero attached hydrogens (tertiary/aromatic N) is 5. The molecule has 1 unspecified atom stereocenters. The van der Waals surface area contributed by atoms with Gasteiger partial charge in [0, 0.05) is 30.4 Å². The summed E-state index contributed by atoms with van der Waals surface area (Å²) in [5.41, 5.74) is 0.0439. The summed E-state index contributed by atoms with van der Waals surface area (Å²) in [6, 6.07) is 11.1. The second kappa shape index (κ2) is 7.63. The van der Waals surface area contributed by atoms with E-state index in [9.17, 15) is 9.59 Å². The van der Waals surface area contributed by atoms with Crippen LogP contribution in [0, 0.1) is 0 Å². The molecule has 2 amide bonds. The van der Waals surface area contributed by atoms with Crippen LogP contribution >= 0.6 is 11.6 Å². The summed E-state index contributed by atoms with van der Waals surface area (Å²) in [6.45, 7) is 5.43. The van der Waals surface area contributed by atoms with Gasteiger partial charge in [0.1, 0.15) is 12.1 Å². The Morgan fingerprint density at radius 2 is 1.93 bits per heavy atom. The number of anilines is 1. The van der Waals surface area contributed by atoms with E-state index >= 15 is 0 Å². The Bertz CT molecular complexity index is 905. The average Bonchev–Trinajstić information content (AvgIpc) is 3.16. The summed E-state index contributed by atoms with van der Waals surface area (Å²) in [5, 5.41) is 8.79. The van der Waals surface area contributed by atoms with Crippen molar-refractivity contribution in [2.45, 2.75) is 38.4 Å². The van der Waals surface area contributed by atoms with Gasteiger partial charge in [-0.15, -0.1) is 5.10 Å². The molecule has 0 bridgehead atoms. The number of benzene rings is 1. The third-order valence-electron chi connectivity index (χ3n) is 5.79.